The minimum Gasteiger partial charge on any atom is -0.389 e. The second-order valence-corrected chi connectivity index (χ2v) is 6.87. The number of anilines is 1. The molecule has 0 aromatic heterocycles. The first-order valence-corrected chi connectivity index (χ1v) is 7.70. The predicted molar refractivity (Wildman–Crippen MR) is 90.7 cm³/mol. The molecule has 0 bridgehead atoms. The Morgan fingerprint density at radius 3 is 2.65 bits per heavy atom. The van der Waals surface area contributed by atoms with E-state index < -0.39 is 0 Å². The van der Waals surface area contributed by atoms with Crippen molar-refractivity contribution in [1.29, 1.82) is 0 Å². The van der Waals surface area contributed by atoms with Crippen LogP contribution in [0.25, 0.3) is 0 Å². The Labute approximate surface area is 131 Å². The van der Waals surface area contributed by atoms with Crippen molar-refractivity contribution in [3.63, 3.8) is 0 Å². The van der Waals surface area contributed by atoms with E-state index in [4.69, 9.17) is 29.6 Å². The summed E-state index contributed by atoms with van der Waals surface area (Å²) in [6.07, 6.45) is 2.43. The first-order chi connectivity index (χ1) is 9.39. The molecule has 0 amide bonds. The molecule has 0 spiro atoms. The lowest BCUT2D eigenvalue weighted by Crippen LogP contribution is -2.40. The molecule has 110 valence electrons. The highest BCUT2D eigenvalue weighted by molar-refractivity contribution is 7.80. The Bertz CT molecular complexity index is 496. The molecular formula is C15H22ClN3S. The number of hydrogen-bond acceptors (Lipinski definition) is 3. The molecule has 20 heavy (non-hydrogen) atoms. The summed E-state index contributed by atoms with van der Waals surface area (Å²) in [5, 5.41) is 4.10. The van der Waals surface area contributed by atoms with E-state index in [1.165, 1.54) is 25.9 Å². The van der Waals surface area contributed by atoms with Crippen molar-refractivity contribution in [2.75, 3.05) is 32.0 Å². The van der Waals surface area contributed by atoms with Crippen LogP contribution in [0.15, 0.2) is 18.2 Å². The van der Waals surface area contributed by atoms with Gasteiger partial charge in [0.15, 0.2) is 0 Å². The molecule has 0 unspecified atom stereocenters. The highest BCUT2D eigenvalue weighted by Gasteiger charge is 2.28. The molecule has 1 fully saturated rings. The fourth-order valence-corrected chi connectivity index (χ4v) is 2.99. The van der Waals surface area contributed by atoms with Crippen LogP contribution in [0.1, 0.15) is 25.3 Å². The van der Waals surface area contributed by atoms with Gasteiger partial charge in [-0.05, 0) is 56.6 Å². The Hall–Kier alpha value is -0.840. The largest absolute Gasteiger partial charge is 0.389 e. The van der Waals surface area contributed by atoms with Gasteiger partial charge in [0.2, 0.25) is 0 Å². The molecule has 5 heteroatoms. The van der Waals surface area contributed by atoms with E-state index in [0.29, 0.717) is 15.4 Å². The summed E-state index contributed by atoms with van der Waals surface area (Å²) in [6.45, 7) is 5.64. The first kappa shape index (κ1) is 15.5. The Morgan fingerprint density at radius 1 is 1.45 bits per heavy atom. The number of rotatable bonds is 4. The van der Waals surface area contributed by atoms with Gasteiger partial charge in [0.25, 0.3) is 0 Å². The zero-order valence-electron chi connectivity index (χ0n) is 12.1. The van der Waals surface area contributed by atoms with Gasteiger partial charge in [0, 0.05) is 17.8 Å². The third-order valence-corrected chi connectivity index (χ3v) is 4.68. The predicted octanol–water partition coefficient (Wildman–Crippen LogP) is 3.12. The molecule has 0 saturated carbocycles. The standard InChI is InChI=1S/C15H22ClN3S/c1-15(5-7-19(2)8-6-15)10-18-11-3-4-12(14(17)20)13(16)9-11/h3-4,9,18H,5-8,10H2,1-2H3,(H2,17,20). The van der Waals surface area contributed by atoms with Gasteiger partial charge >= 0.3 is 0 Å². The average Bonchev–Trinajstić information content (AvgIpc) is 2.40. The van der Waals surface area contributed by atoms with Gasteiger partial charge in [-0.15, -0.1) is 0 Å². The number of nitrogens with one attached hydrogen (secondary N) is 1. The van der Waals surface area contributed by atoms with Crippen LogP contribution in [0.2, 0.25) is 5.02 Å². The lowest BCUT2D eigenvalue weighted by atomic mass is 9.80. The molecule has 0 atom stereocenters. The fraction of sp³-hybridized carbons (Fsp3) is 0.533. The quantitative estimate of drug-likeness (QED) is 0.838. The van der Waals surface area contributed by atoms with Gasteiger partial charge in [0.05, 0.1) is 5.02 Å². The highest BCUT2D eigenvalue weighted by Crippen LogP contribution is 2.31. The first-order valence-electron chi connectivity index (χ1n) is 6.91. The maximum absolute atomic E-state index is 6.19. The maximum atomic E-state index is 6.19. The smallest absolute Gasteiger partial charge is 0.105 e. The average molecular weight is 312 g/mol. The summed E-state index contributed by atoms with van der Waals surface area (Å²) in [7, 11) is 2.18. The summed E-state index contributed by atoms with van der Waals surface area (Å²) in [5.74, 6) is 0. The maximum Gasteiger partial charge on any atom is 0.105 e. The van der Waals surface area contributed by atoms with E-state index in [9.17, 15) is 0 Å². The van der Waals surface area contributed by atoms with E-state index >= 15 is 0 Å². The SMILES string of the molecule is CN1CCC(C)(CNc2ccc(C(N)=S)c(Cl)c2)CC1. The lowest BCUT2D eigenvalue weighted by molar-refractivity contribution is 0.150. The minimum absolute atomic E-state index is 0.337. The van der Waals surface area contributed by atoms with Crippen molar-refractivity contribution < 1.29 is 0 Å². The Morgan fingerprint density at radius 2 is 2.10 bits per heavy atom. The molecule has 1 saturated heterocycles. The van der Waals surface area contributed by atoms with Gasteiger partial charge in [-0.1, -0.05) is 30.7 Å². The molecule has 0 aliphatic carbocycles. The van der Waals surface area contributed by atoms with Crippen LogP contribution in [-0.4, -0.2) is 36.6 Å². The summed E-state index contributed by atoms with van der Waals surface area (Å²) in [4.78, 5) is 2.72. The number of benzene rings is 1. The van der Waals surface area contributed by atoms with Crippen LogP contribution in [-0.2, 0) is 0 Å². The third-order valence-electron chi connectivity index (χ3n) is 4.15. The van der Waals surface area contributed by atoms with Gasteiger partial charge in [-0.2, -0.15) is 0 Å². The molecule has 3 nitrogen and oxygen atoms in total. The molecule has 2 rings (SSSR count). The second-order valence-electron chi connectivity index (χ2n) is 6.03. The Balaban J connectivity index is 1.97. The monoisotopic (exact) mass is 311 g/mol. The zero-order chi connectivity index (χ0) is 14.8. The van der Waals surface area contributed by atoms with Crippen molar-refractivity contribution in [1.82, 2.24) is 4.90 Å². The number of halogens is 1. The molecular weight excluding hydrogens is 290 g/mol. The van der Waals surface area contributed by atoms with Crippen molar-refractivity contribution in [2.45, 2.75) is 19.8 Å². The number of hydrogen-bond donors (Lipinski definition) is 2. The van der Waals surface area contributed by atoms with E-state index in [-0.39, 0.29) is 0 Å². The second kappa shape index (κ2) is 6.29. The van der Waals surface area contributed by atoms with Gasteiger partial charge in [-0.3, -0.25) is 0 Å². The molecule has 1 heterocycles. The van der Waals surface area contributed by atoms with Crippen LogP contribution >= 0.6 is 23.8 Å². The molecule has 1 aliphatic heterocycles. The van der Waals surface area contributed by atoms with Crippen LogP contribution in [0, 0.1) is 5.41 Å². The van der Waals surface area contributed by atoms with Gasteiger partial charge in [-0.25, -0.2) is 0 Å². The molecule has 1 aromatic rings. The van der Waals surface area contributed by atoms with E-state index in [2.05, 4.69) is 24.2 Å². The van der Waals surface area contributed by atoms with Crippen LogP contribution in [0.3, 0.4) is 0 Å². The molecule has 3 N–H and O–H groups in total. The number of nitrogens with zero attached hydrogens (tertiary/aromatic N) is 1. The van der Waals surface area contributed by atoms with Crippen molar-refractivity contribution in [2.24, 2.45) is 11.1 Å². The lowest BCUT2D eigenvalue weighted by Gasteiger charge is -2.38. The van der Waals surface area contributed by atoms with E-state index in [0.717, 1.165) is 17.8 Å². The van der Waals surface area contributed by atoms with Crippen molar-refractivity contribution in [3.8, 4) is 0 Å². The van der Waals surface area contributed by atoms with Crippen LogP contribution < -0.4 is 11.1 Å². The van der Waals surface area contributed by atoms with Crippen LogP contribution in [0.5, 0.6) is 0 Å². The molecule has 0 radical (unpaired) electrons. The Kier molecular flexibility index (Phi) is 4.89. The zero-order valence-corrected chi connectivity index (χ0v) is 13.7. The fourth-order valence-electron chi connectivity index (χ4n) is 2.48. The minimum atomic E-state index is 0.337. The highest BCUT2D eigenvalue weighted by atomic mass is 35.5. The number of likely N-dealkylation sites (tertiary alicyclic amines) is 1. The number of nitrogens with two attached hydrogens (primary N) is 1. The topological polar surface area (TPSA) is 41.3 Å². The summed E-state index contributed by atoms with van der Waals surface area (Å²) >= 11 is 11.1. The third kappa shape index (κ3) is 3.84. The normalized spacial score (nSPS) is 18.8. The summed E-state index contributed by atoms with van der Waals surface area (Å²) < 4.78 is 0. The number of piperidine rings is 1. The van der Waals surface area contributed by atoms with Crippen molar-refractivity contribution in [3.05, 3.63) is 28.8 Å². The molecule has 1 aliphatic rings. The van der Waals surface area contributed by atoms with E-state index in [1.54, 1.807) is 0 Å². The molecule has 1 aromatic carbocycles. The van der Waals surface area contributed by atoms with E-state index in [1.807, 2.05) is 18.2 Å². The van der Waals surface area contributed by atoms with Crippen molar-refractivity contribution >= 4 is 34.5 Å². The number of thiocarbonyl (C=S) groups is 1. The summed E-state index contributed by atoms with van der Waals surface area (Å²) in [5.41, 5.74) is 7.72. The van der Waals surface area contributed by atoms with Gasteiger partial charge < -0.3 is 16.0 Å². The van der Waals surface area contributed by atoms with Crippen LogP contribution in [0.4, 0.5) is 5.69 Å². The van der Waals surface area contributed by atoms with Gasteiger partial charge in [0.1, 0.15) is 4.99 Å². The summed E-state index contributed by atoms with van der Waals surface area (Å²) in [6, 6.07) is 5.76.